The van der Waals surface area contributed by atoms with Gasteiger partial charge in [-0.1, -0.05) is 41.4 Å². The number of halogens is 2. The molecule has 0 aromatic heterocycles. The number of carbonyl (C=O) groups excluding carboxylic acids is 1. The molecule has 0 radical (unpaired) electrons. The molecule has 4 rings (SSSR count). The minimum Gasteiger partial charge on any atom is -0.465 e. The lowest BCUT2D eigenvalue weighted by atomic mass is 9.98. The van der Waals surface area contributed by atoms with Crippen LogP contribution in [0.4, 0.5) is 17.1 Å². The Labute approximate surface area is 204 Å². The fourth-order valence-corrected chi connectivity index (χ4v) is 4.13. The van der Waals surface area contributed by atoms with Gasteiger partial charge in [0, 0.05) is 24.9 Å². The van der Waals surface area contributed by atoms with Crippen molar-refractivity contribution >= 4 is 46.2 Å². The smallest absolute Gasteiger partial charge is 0.289 e. The summed E-state index contributed by atoms with van der Waals surface area (Å²) in [5.41, 5.74) is 0.929. The van der Waals surface area contributed by atoms with Crippen LogP contribution in [0.3, 0.4) is 0 Å². The highest BCUT2D eigenvalue weighted by atomic mass is 35.5. The third-order valence-electron chi connectivity index (χ3n) is 5.44. The molecule has 168 valence electrons. The van der Waals surface area contributed by atoms with E-state index in [1.54, 1.807) is 42.5 Å². The van der Waals surface area contributed by atoms with Gasteiger partial charge in [0.05, 0.1) is 27.2 Å². The zero-order valence-electron chi connectivity index (χ0n) is 17.4. The molecular weight excluding hydrogens is 479 g/mol. The first-order valence-corrected chi connectivity index (χ1v) is 10.7. The van der Waals surface area contributed by atoms with Crippen molar-refractivity contribution in [3.05, 3.63) is 97.3 Å². The van der Waals surface area contributed by atoms with Crippen LogP contribution in [0.5, 0.6) is 11.5 Å². The zero-order valence-corrected chi connectivity index (χ0v) is 18.9. The lowest BCUT2D eigenvalue weighted by Crippen LogP contribution is -2.24. The Morgan fingerprint density at radius 2 is 1.97 bits per heavy atom. The van der Waals surface area contributed by atoms with Gasteiger partial charge >= 0.3 is 0 Å². The van der Waals surface area contributed by atoms with E-state index < -0.39 is 4.92 Å². The summed E-state index contributed by atoms with van der Waals surface area (Å²) in [5.74, 6) is 0.0422. The van der Waals surface area contributed by atoms with E-state index >= 15 is 0 Å². The highest BCUT2D eigenvalue weighted by Gasteiger charge is 2.33. The van der Waals surface area contributed by atoms with Gasteiger partial charge in [0.2, 0.25) is 11.6 Å². The van der Waals surface area contributed by atoms with Crippen molar-refractivity contribution in [1.82, 2.24) is 0 Å². The van der Waals surface area contributed by atoms with Gasteiger partial charge in [0.15, 0.2) is 5.75 Å². The molecule has 1 aliphatic rings. The summed E-state index contributed by atoms with van der Waals surface area (Å²) in [5, 5.41) is 21.0. The lowest BCUT2D eigenvalue weighted by molar-refractivity contribution is -0.385. The number of nitrogens with zero attached hydrogens (tertiary/aromatic N) is 4. The summed E-state index contributed by atoms with van der Waals surface area (Å²) in [4.78, 5) is 28.3. The van der Waals surface area contributed by atoms with E-state index in [-0.39, 0.29) is 58.3 Å². The first-order chi connectivity index (χ1) is 16.3. The van der Waals surface area contributed by atoms with Gasteiger partial charge in [-0.25, -0.2) is 4.85 Å². The molecule has 1 saturated heterocycles. The van der Waals surface area contributed by atoms with Crippen LogP contribution in [0.2, 0.25) is 10.0 Å². The molecule has 0 N–H and O–H groups in total. The summed E-state index contributed by atoms with van der Waals surface area (Å²) in [6, 6.07) is 15.8. The predicted octanol–water partition coefficient (Wildman–Crippen LogP) is 6.64. The summed E-state index contributed by atoms with van der Waals surface area (Å²) in [6.45, 7) is 7.60. The quantitative estimate of drug-likeness (QED) is 0.225. The lowest BCUT2D eigenvalue weighted by Gasteiger charge is -2.18. The van der Waals surface area contributed by atoms with E-state index in [0.717, 1.165) is 5.56 Å². The minimum absolute atomic E-state index is 0.0743. The maximum absolute atomic E-state index is 12.7. The average molecular weight is 493 g/mol. The number of amides is 1. The molecule has 3 aromatic carbocycles. The largest absolute Gasteiger partial charge is 0.465 e. The monoisotopic (exact) mass is 492 g/mol. The topological polar surface area (TPSA) is 101 Å². The number of carbonyl (C=O) groups is 1. The zero-order chi connectivity index (χ0) is 24.4. The van der Waals surface area contributed by atoms with Gasteiger partial charge < -0.3 is 9.64 Å². The number of hydrogen-bond donors (Lipinski definition) is 0. The van der Waals surface area contributed by atoms with E-state index in [1.807, 2.05) is 0 Å². The van der Waals surface area contributed by atoms with E-state index in [4.69, 9.17) is 39.8 Å². The number of hydrogen-bond acceptors (Lipinski definition) is 5. The first-order valence-electron chi connectivity index (χ1n) is 9.94. The fraction of sp³-hybridized carbons (Fsp3) is 0.125. The number of nitriles is 1. The van der Waals surface area contributed by atoms with Crippen molar-refractivity contribution in [3.63, 3.8) is 0 Å². The second kappa shape index (κ2) is 9.40. The van der Waals surface area contributed by atoms with Crippen molar-refractivity contribution in [3.8, 4) is 17.6 Å². The Morgan fingerprint density at radius 3 is 2.68 bits per heavy atom. The van der Waals surface area contributed by atoms with E-state index in [2.05, 4.69) is 4.85 Å². The molecule has 1 heterocycles. The van der Waals surface area contributed by atoms with Crippen LogP contribution in [0.15, 0.2) is 54.6 Å². The number of nitro groups is 1. The molecule has 1 fully saturated rings. The molecule has 1 amide bonds. The standard InChI is InChI=1S/C24H14Cl2N4O4/c1-28-20-4-2-3-19(26)24(20)34-22-9-14(6-8-18(22)25)16-10-23(31)29(13-16)17-7-5-15(12-27)21(11-17)30(32)33/h2-9,11,16H,10,13H2/t16-/m0/s1. The summed E-state index contributed by atoms with van der Waals surface area (Å²) in [6.07, 6.45) is 0.175. The summed E-state index contributed by atoms with van der Waals surface area (Å²) in [7, 11) is 0. The van der Waals surface area contributed by atoms with Gasteiger partial charge in [-0.2, -0.15) is 5.26 Å². The van der Waals surface area contributed by atoms with Gasteiger partial charge in [-0.3, -0.25) is 14.9 Å². The molecule has 0 aliphatic carbocycles. The second-order valence-electron chi connectivity index (χ2n) is 7.47. The van der Waals surface area contributed by atoms with Crippen LogP contribution in [-0.4, -0.2) is 17.4 Å². The third kappa shape index (κ3) is 4.38. The third-order valence-corrected chi connectivity index (χ3v) is 6.05. The molecule has 3 aromatic rings. The second-order valence-corrected chi connectivity index (χ2v) is 8.28. The number of ether oxygens (including phenoxy) is 1. The molecule has 0 unspecified atom stereocenters. The van der Waals surface area contributed by atoms with Gasteiger partial charge in [-0.05, 0) is 35.9 Å². The Bertz CT molecular complexity index is 1410. The Balaban J connectivity index is 1.62. The highest BCUT2D eigenvalue weighted by Crippen LogP contribution is 2.42. The number of anilines is 1. The van der Waals surface area contributed by atoms with Crippen molar-refractivity contribution in [2.45, 2.75) is 12.3 Å². The maximum atomic E-state index is 12.7. The van der Waals surface area contributed by atoms with Gasteiger partial charge in [0.1, 0.15) is 17.4 Å². The Hall–Kier alpha value is -4.11. The molecule has 34 heavy (non-hydrogen) atoms. The van der Waals surface area contributed by atoms with Crippen molar-refractivity contribution < 1.29 is 14.5 Å². The Morgan fingerprint density at radius 1 is 1.18 bits per heavy atom. The number of para-hydroxylation sites is 1. The van der Waals surface area contributed by atoms with Crippen LogP contribution in [0, 0.1) is 28.0 Å². The maximum Gasteiger partial charge on any atom is 0.289 e. The molecule has 10 heteroatoms. The molecule has 8 nitrogen and oxygen atoms in total. The van der Waals surface area contributed by atoms with Crippen LogP contribution in [-0.2, 0) is 4.79 Å². The predicted molar refractivity (Wildman–Crippen MR) is 127 cm³/mol. The normalized spacial score (nSPS) is 15.0. The van der Waals surface area contributed by atoms with Gasteiger partial charge in [-0.15, -0.1) is 0 Å². The van der Waals surface area contributed by atoms with E-state index in [9.17, 15) is 14.9 Å². The molecule has 0 spiro atoms. The highest BCUT2D eigenvalue weighted by molar-refractivity contribution is 6.33. The van der Waals surface area contributed by atoms with Crippen molar-refractivity contribution in [2.75, 3.05) is 11.4 Å². The van der Waals surface area contributed by atoms with Gasteiger partial charge in [0.25, 0.3) is 5.69 Å². The van der Waals surface area contributed by atoms with E-state index in [0.29, 0.717) is 10.7 Å². The molecular formula is C24H14Cl2N4O4. The number of nitro benzene ring substituents is 1. The SMILES string of the molecule is [C-]#[N+]c1cccc(Cl)c1Oc1cc([C@H]2CC(=O)N(c3ccc(C#N)c([N+](=O)[O-])c3)C2)ccc1Cl. The minimum atomic E-state index is -0.644. The fourth-order valence-electron chi connectivity index (χ4n) is 3.76. The van der Waals surface area contributed by atoms with Crippen molar-refractivity contribution in [1.29, 1.82) is 5.26 Å². The molecule has 1 atom stereocenters. The number of rotatable bonds is 5. The van der Waals surface area contributed by atoms with Crippen LogP contribution in [0.25, 0.3) is 4.85 Å². The van der Waals surface area contributed by atoms with Crippen LogP contribution >= 0.6 is 23.2 Å². The average Bonchev–Trinajstić information content (AvgIpc) is 3.22. The number of benzene rings is 3. The van der Waals surface area contributed by atoms with Crippen LogP contribution < -0.4 is 9.64 Å². The summed E-state index contributed by atoms with van der Waals surface area (Å²) < 4.78 is 5.89. The summed E-state index contributed by atoms with van der Waals surface area (Å²) >= 11 is 12.5. The molecule has 1 aliphatic heterocycles. The first kappa shape index (κ1) is 23.1. The molecule has 0 saturated carbocycles. The van der Waals surface area contributed by atoms with E-state index in [1.165, 1.54) is 23.1 Å². The van der Waals surface area contributed by atoms with Crippen LogP contribution in [0.1, 0.15) is 23.5 Å². The molecule has 0 bridgehead atoms. The Kier molecular flexibility index (Phi) is 6.38. The van der Waals surface area contributed by atoms with Crippen molar-refractivity contribution in [2.24, 2.45) is 0 Å².